The van der Waals surface area contributed by atoms with E-state index in [1.165, 1.54) is 7.11 Å². The Morgan fingerprint density at radius 1 is 1.60 bits per heavy atom. The maximum atomic E-state index is 11.8. The SMILES string of the molecule is COC1CNC(C(=O)NCC(F)(F)F)C1. The van der Waals surface area contributed by atoms with Crippen LogP contribution in [-0.4, -0.2) is 44.4 Å². The van der Waals surface area contributed by atoms with Gasteiger partial charge in [0.1, 0.15) is 6.54 Å². The normalized spacial score (nSPS) is 26.7. The van der Waals surface area contributed by atoms with Crippen molar-refractivity contribution in [1.82, 2.24) is 10.6 Å². The molecule has 1 heterocycles. The summed E-state index contributed by atoms with van der Waals surface area (Å²) >= 11 is 0. The lowest BCUT2D eigenvalue weighted by atomic mass is 10.2. The van der Waals surface area contributed by atoms with Crippen LogP contribution < -0.4 is 10.6 Å². The largest absolute Gasteiger partial charge is 0.405 e. The molecule has 2 atom stereocenters. The third-order valence-corrected chi connectivity index (χ3v) is 2.20. The Labute approximate surface area is 85.2 Å². The summed E-state index contributed by atoms with van der Waals surface area (Å²) in [5.41, 5.74) is 0. The molecule has 1 aliphatic rings. The summed E-state index contributed by atoms with van der Waals surface area (Å²) in [6, 6.07) is -0.586. The minimum absolute atomic E-state index is 0.105. The molecule has 0 saturated carbocycles. The zero-order valence-corrected chi connectivity index (χ0v) is 8.23. The van der Waals surface area contributed by atoms with Gasteiger partial charge in [-0.25, -0.2) is 0 Å². The van der Waals surface area contributed by atoms with Crippen molar-refractivity contribution < 1.29 is 22.7 Å². The van der Waals surface area contributed by atoms with Crippen molar-refractivity contribution in [1.29, 1.82) is 0 Å². The minimum Gasteiger partial charge on any atom is -0.380 e. The molecule has 0 spiro atoms. The third kappa shape index (κ3) is 4.05. The molecule has 7 heteroatoms. The number of alkyl halides is 3. The molecule has 88 valence electrons. The van der Waals surface area contributed by atoms with Gasteiger partial charge in [0.25, 0.3) is 0 Å². The summed E-state index contributed by atoms with van der Waals surface area (Å²) in [6.07, 6.45) is -4.07. The Balaban J connectivity index is 2.30. The van der Waals surface area contributed by atoms with Gasteiger partial charge in [0.2, 0.25) is 5.91 Å². The smallest absolute Gasteiger partial charge is 0.380 e. The molecule has 15 heavy (non-hydrogen) atoms. The van der Waals surface area contributed by atoms with E-state index in [1.54, 1.807) is 0 Å². The van der Waals surface area contributed by atoms with Gasteiger partial charge in [0.05, 0.1) is 12.1 Å². The van der Waals surface area contributed by atoms with Crippen LogP contribution in [0.3, 0.4) is 0 Å². The van der Waals surface area contributed by atoms with Crippen molar-refractivity contribution in [2.75, 3.05) is 20.2 Å². The highest BCUT2D eigenvalue weighted by molar-refractivity contribution is 5.82. The molecule has 0 aliphatic carbocycles. The molecular formula is C8H13F3N2O2. The van der Waals surface area contributed by atoms with Crippen molar-refractivity contribution >= 4 is 5.91 Å². The molecule has 0 aromatic rings. The first-order valence-electron chi connectivity index (χ1n) is 4.53. The van der Waals surface area contributed by atoms with E-state index in [-0.39, 0.29) is 6.10 Å². The van der Waals surface area contributed by atoms with E-state index in [4.69, 9.17) is 4.74 Å². The Bertz CT molecular complexity index is 232. The van der Waals surface area contributed by atoms with Gasteiger partial charge in [-0.2, -0.15) is 13.2 Å². The predicted molar refractivity (Wildman–Crippen MR) is 46.3 cm³/mol. The van der Waals surface area contributed by atoms with Crippen molar-refractivity contribution in [3.05, 3.63) is 0 Å². The molecule has 1 rings (SSSR count). The molecule has 0 aromatic carbocycles. The highest BCUT2D eigenvalue weighted by Gasteiger charge is 2.32. The van der Waals surface area contributed by atoms with Crippen LogP contribution in [0, 0.1) is 0 Å². The van der Waals surface area contributed by atoms with Crippen LogP contribution in [0.2, 0.25) is 0 Å². The number of hydrogen-bond acceptors (Lipinski definition) is 3. The van der Waals surface area contributed by atoms with E-state index in [0.717, 1.165) is 0 Å². The first-order valence-corrected chi connectivity index (χ1v) is 4.53. The van der Waals surface area contributed by atoms with Crippen molar-refractivity contribution in [2.45, 2.75) is 24.7 Å². The van der Waals surface area contributed by atoms with Gasteiger partial charge in [-0.3, -0.25) is 4.79 Å². The first-order chi connectivity index (χ1) is 6.92. The highest BCUT2D eigenvalue weighted by atomic mass is 19.4. The molecule has 1 fully saturated rings. The molecule has 1 amide bonds. The second kappa shape index (κ2) is 4.80. The maximum absolute atomic E-state index is 11.8. The lowest BCUT2D eigenvalue weighted by Gasteiger charge is -2.12. The second-order valence-corrected chi connectivity index (χ2v) is 3.39. The third-order valence-electron chi connectivity index (χ3n) is 2.20. The number of halogens is 3. The molecule has 2 N–H and O–H groups in total. The zero-order chi connectivity index (χ0) is 11.5. The van der Waals surface area contributed by atoms with Crippen LogP contribution in [0.25, 0.3) is 0 Å². The Morgan fingerprint density at radius 2 is 2.27 bits per heavy atom. The second-order valence-electron chi connectivity index (χ2n) is 3.39. The van der Waals surface area contributed by atoms with E-state index in [0.29, 0.717) is 13.0 Å². The number of rotatable bonds is 3. The van der Waals surface area contributed by atoms with Gasteiger partial charge < -0.3 is 15.4 Å². The summed E-state index contributed by atoms with van der Waals surface area (Å²) < 4.78 is 40.3. The van der Waals surface area contributed by atoms with Crippen LogP contribution in [-0.2, 0) is 9.53 Å². The van der Waals surface area contributed by atoms with Crippen molar-refractivity contribution in [2.24, 2.45) is 0 Å². The minimum atomic E-state index is -4.37. The zero-order valence-electron chi connectivity index (χ0n) is 8.23. The average Bonchev–Trinajstić information content (AvgIpc) is 2.61. The van der Waals surface area contributed by atoms with Crippen LogP contribution in [0.4, 0.5) is 13.2 Å². The molecule has 1 aliphatic heterocycles. The molecule has 2 unspecified atom stereocenters. The quantitative estimate of drug-likeness (QED) is 0.714. The number of ether oxygens (including phenoxy) is 1. The number of carbonyl (C=O) groups is 1. The number of amides is 1. The molecule has 1 saturated heterocycles. The molecule has 0 aromatic heterocycles. The lowest BCUT2D eigenvalue weighted by molar-refractivity contribution is -0.139. The van der Waals surface area contributed by atoms with E-state index in [9.17, 15) is 18.0 Å². The van der Waals surface area contributed by atoms with Gasteiger partial charge in [-0.15, -0.1) is 0 Å². The van der Waals surface area contributed by atoms with E-state index in [1.807, 2.05) is 5.32 Å². The first kappa shape index (κ1) is 12.3. The molecule has 4 nitrogen and oxygen atoms in total. The van der Waals surface area contributed by atoms with Crippen molar-refractivity contribution in [3.8, 4) is 0 Å². The number of hydrogen-bond donors (Lipinski definition) is 2. The maximum Gasteiger partial charge on any atom is 0.405 e. The fraction of sp³-hybridized carbons (Fsp3) is 0.875. The summed E-state index contributed by atoms with van der Waals surface area (Å²) in [5.74, 6) is -0.633. The molecule has 0 bridgehead atoms. The highest BCUT2D eigenvalue weighted by Crippen LogP contribution is 2.13. The standard InChI is InChI=1S/C8H13F3N2O2/c1-15-5-2-6(12-3-5)7(14)13-4-8(9,10)11/h5-6,12H,2-4H2,1H3,(H,13,14). The number of carbonyl (C=O) groups excluding carboxylic acids is 1. The van der Waals surface area contributed by atoms with Crippen LogP contribution >= 0.6 is 0 Å². The monoisotopic (exact) mass is 226 g/mol. The summed E-state index contributed by atoms with van der Waals surface area (Å²) in [7, 11) is 1.50. The predicted octanol–water partition coefficient (Wildman–Crippen LogP) is 0.0418. The van der Waals surface area contributed by atoms with Crippen LogP contribution in [0.15, 0.2) is 0 Å². The fourth-order valence-electron chi connectivity index (χ4n) is 1.39. The van der Waals surface area contributed by atoms with Gasteiger partial charge in [0, 0.05) is 13.7 Å². The Morgan fingerprint density at radius 3 is 2.73 bits per heavy atom. The Kier molecular flexibility index (Phi) is 3.92. The van der Waals surface area contributed by atoms with Gasteiger partial charge in [0.15, 0.2) is 0 Å². The number of nitrogens with one attached hydrogen (secondary N) is 2. The molecule has 0 radical (unpaired) electrons. The van der Waals surface area contributed by atoms with Gasteiger partial charge in [-0.1, -0.05) is 0 Å². The summed E-state index contributed by atoms with van der Waals surface area (Å²) in [4.78, 5) is 11.2. The van der Waals surface area contributed by atoms with E-state index in [2.05, 4.69) is 5.32 Å². The van der Waals surface area contributed by atoms with Crippen molar-refractivity contribution in [3.63, 3.8) is 0 Å². The Hall–Kier alpha value is -0.820. The van der Waals surface area contributed by atoms with E-state index >= 15 is 0 Å². The number of methoxy groups -OCH3 is 1. The lowest BCUT2D eigenvalue weighted by Crippen LogP contribution is -2.44. The van der Waals surface area contributed by atoms with Crippen LogP contribution in [0.1, 0.15) is 6.42 Å². The fourth-order valence-corrected chi connectivity index (χ4v) is 1.39. The van der Waals surface area contributed by atoms with Crippen LogP contribution in [0.5, 0.6) is 0 Å². The average molecular weight is 226 g/mol. The van der Waals surface area contributed by atoms with Gasteiger partial charge >= 0.3 is 6.18 Å². The summed E-state index contributed by atoms with van der Waals surface area (Å²) in [6.45, 7) is -0.803. The topological polar surface area (TPSA) is 50.4 Å². The summed E-state index contributed by atoms with van der Waals surface area (Å²) in [5, 5.41) is 4.62. The van der Waals surface area contributed by atoms with Gasteiger partial charge in [-0.05, 0) is 6.42 Å². The molecular weight excluding hydrogens is 213 g/mol. The van der Waals surface area contributed by atoms with E-state index < -0.39 is 24.7 Å².